The van der Waals surface area contributed by atoms with Crippen molar-refractivity contribution in [2.24, 2.45) is 4.99 Å². The number of aromatic carboxylic acids is 1. The normalized spacial score (nSPS) is 16.6. The Morgan fingerprint density at radius 1 is 1.03 bits per heavy atom. The number of nitrogens with one attached hydrogen (secondary N) is 1. The maximum absolute atomic E-state index is 13.6. The number of benzene rings is 3. The molecule has 2 amide bonds. The third-order valence-electron chi connectivity index (χ3n) is 5.02. The Kier molecular flexibility index (Phi) is 7.03. The SMILES string of the molecule is O=C(CC1SC(=Nc2cccc(F)c2)N(Cc2ccccc2)C1=O)Nc1ccc(C(=O)O)cc1. The number of nitrogens with zero attached hydrogens (tertiary/aromatic N) is 2. The van der Waals surface area contributed by atoms with Gasteiger partial charge in [0.2, 0.25) is 11.8 Å². The summed E-state index contributed by atoms with van der Waals surface area (Å²) in [6, 6.07) is 20.9. The van der Waals surface area contributed by atoms with Crippen LogP contribution < -0.4 is 5.32 Å². The Labute approximate surface area is 199 Å². The number of carbonyl (C=O) groups excluding carboxylic acids is 2. The zero-order valence-corrected chi connectivity index (χ0v) is 18.7. The summed E-state index contributed by atoms with van der Waals surface area (Å²) in [6.07, 6.45) is -0.0996. The molecule has 2 N–H and O–H groups in total. The molecule has 0 spiro atoms. The molecule has 1 fully saturated rings. The first-order valence-corrected chi connectivity index (χ1v) is 11.3. The van der Waals surface area contributed by atoms with Crippen molar-refractivity contribution in [1.29, 1.82) is 0 Å². The average Bonchev–Trinajstić information content (AvgIpc) is 3.08. The van der Waals surface area contributed by atoms with E-state index in [1.165, 1.54) is 47.4 Å². The topological polar surface area (TPSA) is 99.1 Å². The van der Waals surface area contributed by atoms with Crippen LogP contribution in [-0.2, 0) is 16.1 Å². The molecule has 34 heavy (non-hydrogen) atoms. The summed E-state index contributed by atoms with van der Waals surface area (Å²) in [5, 5.41) is 11.4. The van der Waals surface area contributed by atoms with E-state index in [-0.39, 0.29) is 30.3 Å². The lowest BCUT2D eigenvalue weighted by Gasteiger charge is -2.16. The molecule has 1 aliphatic heterocycles. The van der Waals surface area contributed by atoms with E-state index in [0.717, 1.165) is 17.3 Å². The van der Waals surface area contributed by atoms with Crippen LogP contribution in [-0.4, -0.2) is 38.2 Å². The van der Waals surface area contributed by atoms with Gasteiger partial charge in [-0.1, -0.05) is 48.2 Å². The molecule has 1 atom stereocenters. The van der Waals surface area contributed by atoms with Crippen molar-refractivity contribution in [3.63, 3.8) is 0 Å². The van der Waals surface area contributed by atoms with Gasteiger partial charge in [0.15, 0.2) is 5.17 Å². The molecule has 1 unspecified atom stereocenters. The van der Waals surface area contributed by atoms with E-state index in [9.17, 15) is 18.8 Å². The second-order valence-electron chi connectivity index (χ2n) is 7.53. The minimum Gasteiger partial charge on any atom is -0.478 e. The van der Waals surface area contributed by atoms with E-state index in [2.05, 4.69) is 10.3 Å². The van der Waals surface area contributed by atoms with E-state index in [4.69, 9.17) is 5.11 Å². The van der Waals surface area contributed by atoms with Crippen molar-refractivity contribution in [2.45, 2.75) is 18.2 Å². The second kappa shape index (κ2) is 10.3. The highest BCUT2D eigenvalue weighted by Gasteiger charge is 2.39. The van der Waals surface area contributed by atoms with Gasteiger partial charge in [-0.05, 0) is 48.0 Å². The number of thioether (sulfide) groups is 1. The van der Waals surface area contributed by atoms with E-state index >= 15 is 0 Å². The number of carboxylic acids is 1. The molecule has 7 nitrogen and oxygen atoms in total. The van der Waals surface area contributed by atoms with Gasteiger partial charge in [-0.25, -0.2) is 14.2 Å². The Morgan fingerprint density at radius 2 is 1.76 bits per heavy atom. The van der Waals surface area contributed by atoms with Gasteiger partial charge in [-0.3, -0.25) is 14.5 Å². The van der Waals surface area contributed by atoms with E-state index < -0.39 is 17.0 Å². The third kappa shape index (κ3) is 5.68. The lowest BCUT2D eigenvalue weighted by atomic mass is 10.2. The molecule has 172 valence electrons. The highest BCUT2D eigenvalue weighted by molar-refractivity contribution is 8.15. The quantitative estimate of drug-likeness (QED) is 0.515. The van der Waals surface area contributed by atoms with Crippen LogP contribution in [0.1, 0.15) is 22.3 Å². The van der Waals surface area contributed by atoms with Crippen LogP contribution in [0, 0.1) is 5.82 Å². The monoisotopic (exact) mass is 477 g/mol. The molecule has 0 aromatic heterocycles. The molecule has 0 radical (unpaired) electrons. The molecule has 1 saturated heterocycles. The smallest absolute Gasteiger partial charge is 0.335 e. The summed E-state index contributed by atoms with van der Waals surface area (Å²) < 4.78 is 13.6. The van der Waals surface area contributed by atoms with Gasteiger partial charge in [0.1, 0.15) is 11.1 Å². The van der Waals surface area contributed by atoms with E-state index in [1.807, 2.05) is 30.3 Å². The Hall–Kier alpha value is -3.98. The summed E-state index contributed by atoms with van der Waals surface area (Å²) in [6.45, 7) is 0.273. The van der Waals surface area contributed by atoms with Gasteiger partial charge in [-0.2, -0.15) is 0 Å². The van der Waals surface area contributed by atoms with Crippen LogP contribution in [0.4, 0.5) is 15.8 Å². The van der Waals surface area contributed by atoms with Crippen molar-refractivity contribution in [2.75, 3.05) is 5.32 Å². The number of halogens is 1. The van der Waals surface area contributed by atoms with Gasteiger partial charge >= 0.3 is 5.97 Å². The molecule has 1 aliphatic rings. The molecule has 3 aromatic rings. The number of hydrogen-bond acceptors (Lipinski definition) is 5. The maximum atomic E-state index is 13.6. The zero-order chi connectivity index (χ0) is 24.1. The molecule has 0 bridgehead atoms. The fourth-order valence-electron chi connectivity index (χ4n) is 3.37. The van der Waals surface area contributed by atoms with Crippen LogP contribution in [0.15, 0.2) is 83.9 Å². The molecule has 9 heteroatoms. The largest absolute Gasteiger partial charge is 0.478 e. The van der Waals surface area contributed by atoms with Crippen molar-refractivity contribution in [3.05, 3.63) is 95.8 Å². The highest BCUT2D eigenvalue weighted by Crippen LogP contribution is 2.33. The average molecular weight is 478 g/mol. The Morgan fingerprint density at radius 3 is 2.44 bits per heavy atom. The first-order chi connectivity index (χ1) is 16.4. The predicted molar refractivity (Wildman–Crippen MR) is 129 cm³/mol. The Bertz CT molecular complexity index is 1250. The third-order valence-corrected chi connectivity index (χ3v) is 6.20. The van der Waals surface area contributed by atoms with Gasteiger partial charge in [0.05, 0.1) is 17.8 Å². The lowest BCUT2D eigenvalue weighted by molar-refractivity contribution is -0.128. The number of carbonyl (C=O) groups is 3. The van der Waals surface area contributed by atoms with Crippen molar-refractivity contribution in [3.8, 4) is 0 Å². The molecule has 0 saturated carbocycles. The van der Waals surface area contributed by atoms with Crippen LogP contribution in [0.25, 0.3) is 0 Å². The summed E-state index contributed by atoms with van der Waals surface area (Å²) in [5.74, 6) is -2.15. The fraction of sp³-hybridized carbons (Fsp3) is 0.120. The fourth-order valence-corrected chi connectivity index (χ4v) is 4.53. The van der Waals surface area contributed by atoms with Gasteiger partial charge in [-0.15, -0.1) is 0 Å². The number of carboxylic acid groups (broad SMARTS) is 1. The number of hydrogen-bond donors (Lipinski definition) is 2. The molecular weight excluding hydrogens is 457 g/mol. The first-order valence-electron chi connectivity index (χ1n) is 10.4. The van der Waals surface area contributed by atoms with Crippen molar-refractivity contribution < 1.29 is 23.9 Å². The summed E-state index contributed by atoms with van der Waals surface area (Å²) >= 11 is 1.16. The van der Waals surface area contributed by atoms with Crippen LogP contribution in [0.5, 0.6) is 0 Å². The number of amides is 2. The van der Waals surface area contributed by atoms with Gasteiger partial charge < -0.3 is 10.4 Å². The highest BCUT2D eigenvalue weighted by atomic mass is 32.2. The molecular formula is C25H20FN3O4S. The van der Waals surface area contributed by atoms with Crippen molar-refractivity contribution >= 4 is 46.1 Å². The standard InChI is InChI=1S/C25H20FN3O4S/c26-18-7-4-8-20(13-18)28-25-29(15-16-5-2-1-3-6-16)23(31)21(34-25)14-22(30)27-19-11-9-17(10-12-19)24(32)33/h1-13,21H,14-15H2,(H,27,30)(H,32,33). The molecule has 0 aliphatic carbocycles. The van der Waals surface area contributed by atoms with Crippen molar-refractivity contribution in [1.82, 2.24) is 4.90 Å². The molecule has 1 heterocycles. The van der Waals surface area contributed by atoms with Gasteiger partial charge in [0.25, 0.3) is 0 Å². The van der Waals surface area contributed by atoms with E-state index in [0.29, 0.717) is 16.5 Å². The second-order valence-corrected chi connectivity index (χ2v) is 8.70. The Balaban J connectivity index is 1.51. The van der Waals surface area contributed by atoms with Gasteiger partial charge in [0, 0.05) is 12.1 Å². The van der Waals surface area contributed by atoms with Crippen LogP contribution in [0.3, 0.4) is 0 Å². The van der Waals surface area contributed by atoms with Crippen LogP contribution in [0.2, 0.25) is 0 Å². The zero-order valence-electron chi connectivity index (χ0n) is 17.8. The summed E-state index contributed by atoms with van der Waals surface area (Å²) in [7, 11) is 0. The number of rotatable bonds is 7. The maximum Gasteiger partial charge on any atom is 0.335 e. The number of aliphatic imine (C=N–C) groups is 1. The summed E-state index contributed by atoms with van der Waals surface area (Å²) in [5.41, 5.74) is 1.80. The minimum atomic E-state index is -1.06. The number of amidine groups is 1. The number of anilines is 1. The lowest BCUT2D eigenvalue weighted by Crippen LogP contribution is -2.33. The predicted octanol–water partition coefficient (Wildman–Crippen LogP) is 4.68. The molecule has 4 rings (SSSR count). The summed E-state index contributed by atoms with van der Waals surface area (Å²) in [4.78, 5) is 42.8. The van der Waals surface area contributed by atoms with E-state index in [1.54, 1.807) is 6.07 Å². The van der Waals surface area contributed by atoms with Crippen LogP contribution >= 0.6 is 11.8 Å². The first kappa shape index (κ1) is 23.2. The molecule has 3 aromatic carbocycles. The minimum absolute atomic E-state index is 0.0996.